The molecule has 0 aliphatic heterocycles. The smallest absolute Gasteiger partial charge is 0.220 e. The SMILES string of the molecule is CC(C)(C)c1ccc(OCCNC(=O)C[C@@H]2CCC[C@H]2N)cc1.Cl. The van der Waals surface area contributed by atoms with E-state index in [0.29, 0.717) is 25.5 Å². The Morgan fingerprint density at radius 2 is 1.92 bits per heavy atom. The first-order chi connectivity index (χ1) is 10.9. The number of carbonyl (C=O) groups excluding carboxylic acids is 1. The molecule has 24 heavy (non-hydrogen) atoms. The molecule has 1 fully saturated rings. The number of nitrogens with one attached hydrogen (secondary N) is 1. The lowest BCUT2D eigenvalue weighted by Crippen LogP contribution is -2.33. The van der Waals surface area contributed by atoms with Gasteiger partial charge in [-0.05, 0) is 41.9 Å². The van der Waals surface area contributed by atoms with Crippen LogP contribution < -0.4 is 15.8 Å². The van der Waals surface area contributed by atoms with Gasteiger partial charge >= 0.3 is 0 Å². The highest BCUT2D eigenvalue weighted by Gasteiger charge is 2.25. The number of halogens is 1. The average Bonchev–Trinajstić information content (AvgIpc) is 2.88. The van der Waals surface area contributed by atoms with Gasteiger partial charge in [0.15, 0.2) is 0 Å². The summed E-state index contributed by atoms with van der Waals surface area (Å²) < 4.78 is 5.68. The van der Waals surface area contributed by atoms with E-state index in [4.69, 9.17) is 10.5 Å². The number of benzene rings is 1. The molecule has 0 unspecified atom stereocenters. The third kappa shape index (κ3) is 6.33. The molecule has 1 aromatic rings. The van der Waals surface area contributed by atoms with Crippen LogP contribution in [0.5, 0.6) is 5.75 Å². The number of carbonyl (C=O) groups is 1. The number of hydrogen-bond acceptors (Lipinski definition) is 3. The third-order valence-electron chi connectivity index (χ3n) is 4.58. The van der Waals surface area contributed by atoms with Crippen LogP contribution in [0.2, 0.25) is 0 Å². The zero-order chi connectivity index (χ0) is 16.9. The Kier molecular flexibility index (Phi) is 8.04. The summed E-state index contributed by atoms with van der Waals surface area (Å²) in [6, 6.07) is 8.35. The van der Waals surface area contributed by atoms with Gasteiger partial charge in [-0.1, -0.05) is 39.3 Å². The molecule has 1 saturated carbocycles. The first kappa shape index (κ1) is 20.8. The van der Waals surface area contributed by atoms with Crippen molar-refractivity contribution in [3.05, 3.63) is 29.8 Å². The van der Waals surface area contributed by atoms with E-state index >= 15 is 0 Å². The van der Waals surface area contributed by atoms with E-state index in [9.17, 15) is 4.79 Å². The fourth-order valence-electron chi connectivity index (χ4n) is 3.04. The Morgan fingerprint density at radius 3 is 2.46 bits per heavy atom. The predicted octanol–water partition coefficient (Wildman–Crippen LogP) is 3.42. The van der Waals surface area contributed by atoms with Gasteiger partial charge in [-0.3, -0.25) is 4.79 Å². The summed E-state index contributed by atoms with van der Waals surface area (Å²) in [5.74, 6) is 1.27. The monoisotopic (exact) mass is 354 g/mol. The van der Waals surface area contributed by atoms with Crippen molar-refractivity contribution in [2.24, 2.45) is 11.7 Å². The first-order valence-corrected chi connectivity index (χ1v) is 8.62. The van der Waals surface area contributed by atoms with Gasteiger partial charge in [-0.2, -0.15) is 0 Å². The van der Waals surface area contributed by atoms with E-state index in [1.54, 1.807) is 0 Å². The Hall–Kier alpha value is -1.26. The van der Waals surface area contributed by atoms with E-state index in [1.165, 1.54) is 5.56 Å². The number of amides is 1. The van der Waals surface area contributed by atoms with Gasteiger partial charge in [-0.25, -0.2) is 0 Å². The molecule has 4 nitrogen and oxygen atoms in total. The molecular formula is C19H31ClN2O2. The molecule has 2 rings (SSSR count). The summed E-state index contributed by atoms with van der Waals surface area (Å²) in [6.07, 6.45) is 3.81. The summed E-state index contributed by atoms with van der Waals surface area (Å²) in [5, 5.41) is 2.92. The van der Waals surface area contributed by atoms with E-state index in [0.717, 1.165) is 25.0 Å². The quantitative estimate of drug-likeness (QED) is 0.769. The number of nitrogens with two attached hydrogens (primary N) is 1. The zero-order valence-corrected chi connectivity index (χ0v) is 15.8. The Bertz CT molecular complexity index is 511. The molecule has 0 heterocycles. The van der Waals surface area contributed by atoms with Crippen LogP contribution in [-0.4, -0.2) is 25.1 Å². The van der Waals surface area contributed by atoms with Crippen LogP contribution in [0.4, 0.5) is 0 Å². The molecule has 1 aliphatic carbocycles. The van der Waals surface area contributed by atoms with Gasteiger partial charge in [0.1, 0.15) is 12.4 Å². The van der Waals surface area contributed by atoms with E-state index in [2.05, 4.69) is 38.2 Å². The van der Waals surface area contributed by atoms with Crippen molar-refractivity contribution in [3.8, 4) is 5.75 Å². The summed E-state index contributed by atoms with van der Waals surface area (Å²) in [5.41, 5.74) is 7.43. The standard InChI is InChI=1S/C19H30N2O2.ClH/c1-19(2,3)15-7-9-16(10-8-15)23-12-11-21-18(22)13-14-5-4-6-17(14)20;/h7-10,14,17H,4-6,11-13,20H2,1-3H3,(H,21,22);1H/t14-,17+;/m0./s1. The maximum atomic E-state index is 11.9. The highest BCUT2D eigenvalue weighted by molar-refractivity contribution is 5.85. The molecule has 2 atom stereocenters. The Balaban J connectivity index is 0.00000288. The van der Waals surface area contributed by atoms with Crippen LogP contribution in [0.15, 0.2) is 24.3 Å². The highest BCUT2D eigenvalue weighted by Crippen LogP contribution is 2.26. The minimum Gasteiger partial charge on any atom is -0.492 e. The van der Waals surface area contributed by atoms with Crippen LogP contribution >= 0.6 is 12.4 Å². The van der Waals surface area contributed by atoms with Gasteiger partial charge in [-0.15, -0.1) is 12.4 Å². The molecule has 1 amide bonds. The molecule has 0 saturated heterocycles. The molecule has 0 radical (unpaired) electrons. The van der Waals surface area contributed by atoms with E-state index in [1.807, 2.05) is 12.1 Å². The van der Waals surface area contributed by atoms with E-state index in [-0.39, 0.29) is 29.8 Å². The minimum absolute atomic E-state index is 0. The lowest BCUT2D eigenvalue weighted by molar-refractivity contribution is -0.122. The zero-order valence-electron chi connectivity index (χ0n) is 15.0. The second-order valence-corrected chi connectivity index (χ2v) is 7.53. The average molecular weight is 355 g/mol. The molecule has 0 bridgehead atoms. The first-order valence-electron chi connectivity index (χ1n) is 8.62. The van der Waals surface area contributed by atoms with Crippen LogP contribution in [0, 0.1) is 5.92 Å². The topological polar surface area (TPSA) is 64.3 Å². The number of hydrogen-bond donors (Lipinski definition) is 2. The van der Waals surface area contributed by atoms with Crippen molar-refractivity contribution in [1.29, 1.82) is 0 Å². The second-order valence-electron chi connectivity index (χ2n) is 7.53. The minimum atomic E-state index is 0. The van der Waals surface area contributed by atoms with Crippen LogP contribution in [0.3, 0.4) is 0 Å². The largest absolute Gasteiger partial charge is 0.492 e. The Labute approximate surface area is 151 Å². The van der Waals surface area contributed by atoms with Gasteiger partial charge in [0.2, 0.25) is 5.91 Å². The normalized spacial score (nSPS) is 20.3. The van der Waals surface area contributed by atoms with Crippen LogP contribution in [0.1, 0.15) is 52.0 Å². The van der Waals surface area contributed by atoms with Crippen LogP contribution in [0.25, 0.3) is 0 Å². The molecule has 1 aromatic carbocycles. The Morgan fingerprint density at radius 1 is 1.25 bits per heavy atom. The molecular weight excluding hydrogens is 324 g/mol. The van der Waals surface area contributed by atoms with Gasteiger partial charge in [0, 0.05) is 12.5 Å². The van der Waals surface area contributed by atoms with Gasteiger partial charge in [0.25, 0.3) is 0 Å². The second kappa shape index (κ2) is 9.28. The van der Waals surface area contributed by atoms with Gasteiger partial charge in [0.05, 0.1) is 6.54 Å². The van der Waals surface area contributed by atoms with Crippen molar-refractivity contribution >= 4 is 18.3 Å². The molecule has 3 N–H and O–H groups in total. The highest BCUT2D eigenvalue weighted by atomic mass is 35.5. The van der Waals surface area contributed by atoms with Crippen LogP contribution in [-0.2, 0) is 10.2 Å². The number of rotatable bonds is 6. The van der Waals surface area contributed by atoms with Crippen molar-refractivity contribution in [3.63, 3.8) is 0 Å². The number of ether oxygens (including phenoxy) is 1. The van der Waals surface area contributed by atoms with Crippen molar-refractivity contribution < 1.29 is 9.53 Å². The lowest BCUT2D eigenvalue weighted by atomic mass is 9.87. The fraction of sp³-hybridized carbons (Fsp3) is 0.632. The van der Waals surface area contributed by atoms with Crippen molar-refractivity contribution in [2.45, 2.75) is 57.9 Å². The fourth-order valence-corrected chi connectivity index (χ4v) is 3.04. The lowest BCUT2D eigenvalue weighted by Gasteiger charge is -2.19. The molecule has 0 spiro atoms. The predicted molar refractivity (Wildman–Crippen MR) is 101 cm³/mol. The maximum Gasteiger partial charge on any atom is 0.220 e. The molecule has 1 aliphatic rings. The van der Waals surface area contributed by atoms with Crippen molar-refractivity contribution in [1.82, 2.24) is 5.32 Å². The van der Waals surface area contributed by atoms with Crippen molar-refractivity contribution in [2.75, 3.05) is 13.2 Å². The van der Waals surface area contributed by atoms with Gasteiger partial charge < -0.3 is 15.8 Å². The third-order valence-corrected chi connectivity index (χ3v) is 4.58. The van der Waals surface area contributed by atoms with E-state index < -0.39 is 0 Å². The summed E-state index contributed by atoms with van der Waals surface area (Å²) in [7, 11) is 0. The molecule has 0 aromatic heterocycles. The summed E-state index contributed by atoms with van der Waals surface area (Å²) in [6.45, 7) is 7.58. The summed E-state index contributed by atoms with van der Waals surface area (Å²) >= 11 is 0. The molecule has 5 heteroatoms. The maximum absolute atomic E-state index is 11.9. The molecule has 136 valence electrons. The summed E-state index contributed by atoms with van der Waals surface area (Å²) in [4.78, 5) is 11.9.